The van der Waals surface area contributed by atoms with Gasteiger partial charge in [-0.2, -0.15) is 0 Å². The zero-order chi connectivity index (χ0) is 14.4. The third kappa shape index (κ3) is 4.04. The van der Waals surface area contributed by atoms with Crippen molar-refractivity contribution in [2.24, 2.45) is 0 Å². The summed E-state index contributed by atoms with van der Waals surface area (Å²) in [6, 6.07) is 6.32. The Morgan fingerprint density at radius 3 is 2.95 bits per heavy atom. The van der Waals surface area contributed by atoms with E-state index in [-0.39, 0.29) is 6.04 Å². The molecule has 0 saturated heterocycles. The summed E-state index contributed by atoms with van der Waals surface area (Å²) in [7, 11) is 1.69. The largest absolute Gasteiger partial charge is 0.497 e. The van der Waals surface area contributed by atoms with Crippen LogP contribution in [0.1, 0.15) is 30.6 Å². The standard InChI is InChI=1S/C15H19BrN2OS/c1-3-6-17-14(15-9-20-10-18-15)8-11-7-12(19-2)4-5-13(11)16/h4-5,7,9-10,14,17H,3,6,8H2,1-2H3. The van der Waals surface area contributed by atoms with Crippen molar-refractivity contribution in [3.8, 4) is 5.75 Å². The number of halogens is 1. The molecule has 1 aromatic heterocycles. The van der Waals surface area contributed by atoms with Gasteiger partial charge in [0.25, 0.3) is 0 Å². The third-order valence-electron chi connectivity index (χ3n) is 3.13. The number of hydrogen-bond acceptors (Lipinski definition) is 4. The minimum atomic E-state index is 0.240. The van der Waals surface area contributed by atoms with Gasteiger partial charge < -0.3 is 10.1 Å². The van der Waals surface area contributed by atoms with Crippen LogP contribution in [-0.2, 0) is 6.42 Å². The van der Waals surface area contributed by atoms with E-state index in [1.54, 1.807) is 18.4 Å². The van der Waals surface area contributed by atoms with Gasteiger partial charge in [-0.25, -0.2) is 4.98 Å². The first-order valence-electron chi connectivity index (χ1n) is 6.68. The van der Waals surface area contributed by atoms with Crippen molar-refractivity contribution in [3.05, 3.63) is 44.8 Å². The molecule has 1 aromatic carbocycles. The molecule has 0 aliphatic carbocycles. The number of nitrogens with zero attached hydrogens (tertiary/aromatic N) is 1. The maximum Gasteiger partial charge on any atom is 0.119 e. The number of hydrogen-bond donors (Lipinski definition) is 1. The monoisotopic (exact) mass is 354 g/mol. The molecule has 1 heterocycles. The van der Waals surface area contributed by atoms with Crippen molar-refractivity contribution >= 4 is 27.3 Å². The van der Waals surface area contributed by atoms with Gasteiger partial charge in [-0.3, -0.25) is 0 Å². The van der Waals surface area contributed by atoms with E-state index >= 15 is 0 Å². The highest BCUT2D eigenvalue weighted by Gasteiger charge is 2.15. The van der Waals surface area contributed by atoms with Crippen molar-refractivity contribution < 1.29 is 4.74 Å². The van der Waals surface area contributed by atoms with Gasteiger partial charge in [0.2, 0.25) is 0 Å². The fraction of sp³-hybridized carbons (Fsp3) is 0.400. The van der Waals surface area contributed by atoms with Crippen LogP contribution in [0, 0.1) is 0 Å². The zero-order valence-electron chi connectivity index (χ0n) is 11.7. The average Bonchev–Trinajstić information content (AvgIpc) is 2.99. The van der Waals surface area contributed by atoms with Crippen LogP contribution >= 0.6 is 27.3 Å². The predicted octanol–water partition coefficient (Wildman–Crippen LogP) is 4.20. The maximum atomic E-state index is 5.31. The predicted molar refractivity (Wildman–Crippen MR) is 87.5 cm³/mol. The summed E-state index contributed by atoms with van der Waals surface area (Å²) in [5.41, 5.74) is 4.22. The molecule has 3 nitrogen and oxygen atoms in total. The van der Waals surface area contributed by atoms with E-state index in [9.17, 15) is 0 Å². The molecular formula is C15H19BrN2OS. The van der Waals surface area contributed by atoms with Crippen molar-refractivity contribution in [1.82, 2.24) is 10.3 Å². The molecule has 0 aliphatic rings. The van der Waals surface area contributed by atoms with Crippen LogP contribution in [0.25, 0.3) is 0 Å². The Kier molecular flexibility index (Phi) is 6.01. The molecule has 1 N–H and O–H groups in total. The maximum absolute atomic E-state index is 5.31. The van der Waals surface area contributed by atoms with Crippen LogP contribution in [0.4, 0.5) is 0 Å². The lowest BCUT2D eigenvalue weighted by atomic mass is 10.0. The molecule has 0 saturated carbocycles. The van der Waals surface area contributed by atoms with Gasteiger partial charge in [0.15, 0.2) is 0 Å². The van der Waals surface area contributed by atoms with Gasteiger partial charge in [-0.1, -0.05) is 22.9 Å². The Morgan fingerprint density at radius 2 is 2.30 bits per heavy atom. The lowest BCUT2D eigenvalue weighted by Gasteiger charge is -2.18. The first-order chi connectivity index (χ1) is 9.74. The molecule has 20 heavy (non-hydrogen) atoms. The first kappa shape index (κ1) is 15.5. The molecule has 1 atom stereocenters. The number of nitrogens with one attached hydrogen (secondary N) is 1. The smallest absolute Gasteiger partial charge is 0.119 e. The fourth-order valence-electron chi connectivity index (χ4n) is 2.05. The van der Waals surface area contributed by atoms with Gasteiger partial charge in [0.1, 0.15) is 5.75 Å². The Morgan fingerprint density at radius 1 is 1.45 bits per heavy atom. The topological polar surface area (TPSA) is 34.1 Å². The van der Waals surface area contributed by atoms with Crippen LogP contribution < -0.4 is 10.1 Å². The molecule has 108 valence electrons. The molecule has 0 spiro atoms. The summed E-state index contributed by atoms with van der Waals surface area (Å²) < 4.78 is 6.42. The molecule has 0 amide bonds. The second-order valence-corrected chi connectivity index (χ2v) is 6.15. The zero-order valence-corrected chi connectivity index (χ0v) is 14.1. The summed E-state index contributed by atoms with van der Waals surface area (Å²) in [4.78, 5) is 4.45. The molecule has 0 fully saturated rings. The van der Waals surface area contributed by atoms with E-state index in [0.29, 0.717) is 0 Å². The lowest BCUT2D eigenvalue weighted by Crippen LogP contribution is -2.24. The first-order valence-corrected chi connectivity index (χ1v) is 8.42. The van der Waals surface area contributed by atoms with Crippen molar-refractivity contribution in [1.29, 1.82) is 0 Å². The van der Waals surface area contributed by atoms with Gasteiger partial charge in [0, 0.05) is 9.85 Å². The molecule has 5 heteroatoms. The Balaban J connectivity index is 2.18. The third-order valence-corrected chi connectivity index (χ3v) is 4.50. The number of benzene rings is 1. The number of aromatic nitrogens is 1. The number of thiazole rings is 1. The van der Waals surface area contributed by atoms with Crippen LogP contribution in [0.5, 0.6) is 5.75 Å². The lowest BCUT2D eigenvalue weighted by molar-refractivity contribution is 0.413. The normalized spacial score (nSPS) is 12.3. The highest BCUT2D eigenvalue weighted by molar-refractivity contribution is 9.10. The molecular weight excluding hydrogens is 336 g/mol. The minimum absolute atomic E-state index is 0.240. The second kappa shape index (κ2) is 7.76. The van der Waals surface area contributed by atoms with Gasteiger partial charge >= 0.3 is 0 Å². The quantitative estimate of drug-likeness (QED) is 0.808. The van der Waals surface area contributed by atoms with E-state index in [0.717, 1.165) is 35.3 Å². The van der Waals surface area contributed by atoms with Crippen LogP contribution in [-0.4, -0.2) is 18.6 Å². The second-order valence-electron chi connectivity index (χ2n) is 4.58. The van der Waals surface area contributed by atoms with E-state index in [1.165, 1.54) is 5.56 Å². The van der Waals surface area contributed by atoms with E-state index in [2.05, 4.69) is 44.6 Å². The van der Waals surface area contributed by atoms with Gasteiger partial charge in [-0.15, -0.1) is 11.3 Å². The Hall–Kier alpha value is -0.910. The summed E-state index contributed by atoms with van der Waals surface area (Å²) >= 11 is 5.25. The highest BCUT2D eigenvalue weighted by Crippen LogP contribution is 2.27. The van der Waals surface area contributed by atoms with Crippen molar-refractivity contribution in [2.75, 3.05) is 13.7 Å². The van der Waals surface area contributed by atoms with Crippen molar-refractivity contribution in [3.63, 3.8) is 0 Å². The summed E-state index contributed by atoms with van der Waals surface area (Å²) in [5, 5.41) is 5.68. The fourth-order valence-corrected chi connectivity index (χ4v) is 3.06. The van der Waals surface area contributed by atoms with Gasteiger partial charge in [-0.05, 0) is 43.1 Å². The molecule has 1 unspecified atom stereocenters. The SMILES string of the molecule is CCCNC(Cc1cc(OC)ccc1Br)c1cscn1. The molecule has 0 aliphatic heterocycles. The molecule has 2 rings (SSSR count). The van der Waals surface area contributed by atoms with E-state index < -0.39 is 0 Å². The van der Waals surface area contributed by atoms with Crippen LogP contribution in [0.2, 0.25) is 0 Å². The summed E-state index contributed by atoms with van der Waals surface area (Å²) in [6.07, 6.45) is 2.00. The van der Waals surface area contributed by atoms with Crippen molar-refractivity contribution in [2.45, 2.75) is 25.8 Å². The Labute approximate surface area is 132 Å². The van der Waals surface area contributed by atoms with Gasteiger partial charge in [0.05, 0.1) is 24.4 Å². The minimum Gasteiger partial charge on any atom is -0.497 e. The average molecular weight is 355 g/mol. The number of rotatable bonds is 7. The number of methoxy groups -OCH3 is 1. The van der Waals surface area contributed by atoms with Crippen LogP contribution in [0.3, 0.4) is 0 Å². The summed E-state index contributed by atoms with van der Waals surface area (Å²) in [5.74, 6) is 0.885. The Bertz CT molecular complexity index is 531. The molecule has 0 bridgehead atoms. The molecule has 2 aromatic rings. The van der Waals surface area contributed by atoms with Crippen LogP contribution in [0.15, 0.2) is 33.6 Å². The van der Waals surface area contributed by atoms with E-state index in [1.807, 2.05) is 17.6 Å². The number of ether oxygens (including phenoxy) is 1. The molecule has 0 radical (unpaired) electrons. The van der Waals surface area contributed by atoms with E-state index in [4.69, 9.17) is 4.74 Å². The summed E-state index contributed by atoms with van der Waals surface area (Å²) in [6.45, 7) is 3.16. The highest BCUT2D eigenvalue weighted by atomic mass is 79.9.